The zero-order chi connectivity index (χ0) is 29.2. The Morgan fingerprint density at radius 1 is 1.05 bits per heavy atom. The molecule has 2 amide bonds. The maximum absolute atomic E-state index is 14.0. The maximum atomic E-state index is 14.0. The normalized spacial score (nSPS) is 17.1. The molecule has 42 heavy (non-hydrogen) atoms. The molecule has 3 aromatic carbocycles. The quantitative estimate of drug-likeness (QED) is 0.289. The number of benzene rings is 3. The van der Waals surface area contributed by atoms with Gasteiger partial charge < -0.3 is 14.4 Å². The Hall–Kier alpha value is -3.79. The molecule has 0 radical (unpaired) electrons. The minimum absolute atomic E-state index is 0.0885. The molecule has 0 unspecified atom stereocenters. The second-order valence-corrected chi connectivity index (χ2v) is 11.8. The average Bonchev–Trinajstić information content (AvgIpc) is 3.35. The molecule has 10 heteroatoms. The van der Waals surface area contributed by atoms with Crippen molar-refractivity contribution in [2.75, 3.05) is 50.6 Å². The second-order valence-electron chi connectivity index (χ2n) is 10.2. The van der Waals surface area contributed by atoms with Crippen LogP contribution in [0, 0.1) is 6.92 Å². The summed E-state index contributed by atoms with van der Waals surface area (Å²) >= 11 is 7.83. The number of halogens is 1. The van der Waals surface area contributed by atoms with Crippen molar-refractivity contribution in [3.8, 4) is 22.7 Å². The predicted molar refractivity (Wildman–Crippen MR) is 166 cm³/mol. The Morgan fingerprint density at radius 3 is 2.45 bits per heavy atom. The third-order valence-electron chi connectivity index (χ3n) is 7.65. The second kappa shape index (κ2) is 12.2. The van der Waals surface area contributed by atoms with Gasteiger partial charge in [-0.05, 0) is 54.4 Å². The summed E-state index contributed by atoms with van der Waals surface area (Å²) < 4.78 is 12.6. The number of aryl methyl sites for hydroxylation is 1. The van der Waals surface area contributed by atoms with E-state index in [0.717, 1.165) is 33.6 Å². The lowest BCUT2D eigenvalue weighted by atomic mass is 9.96. The highest BCUT2D eigenvalue weighted by Gasteiger charge is 2.38. The summed E-state index contributed by atoms with van der Waals surface area (Å²) in [6.07, 6.45) is 0. The molecule has 4 aromatic rings. The minimum Gasteiger partial charge on any atom is -0.497 e. The van der Waals surface area contributed by atoms with Crippen LogP contribution in [0.2, 0.25) is 5.02 Å². The zero-order valence-corrected chi connectivity index (χ0v) is 25.0. The monoisotopic (exact) mass is 602 g/mol. The molecule has 2 aliphatic rings. The van der Waals surface area contributed by atoms with Gasteiger partial charge in [-0.25, -0.2) is 4.68 Å². The van der Waals surface area contributed by atoms with E-state index in [-0.39, 0.29) is 29.4 Å². The van der Waals surface area contributed by atoms with Gasteiger partial charge in [-0.3, -0.25) is 14.5 Å². The lowest BCUT2D eigenvalue weighted by molar-refractivity contribution is -0.134. The molecule has 1 aromatic heterocycles. The summed E-state index contributed by atoms with van der Waals surface area (Å²) in [6.45, 7) is 3.97. The number of methoxy groups -OCH3 is 1. The number of aromatic nitrogens is 2. The van der Waals surface area contributed by atoms with Crippen molar-refractivity contribution in [3.05, 3.63) is 94.5 Å². The van der Waals surface area contributed by atoms with Crippen LogP contribution < -0.4 is 9.64 Å². The number of carbonyl (C=O) groups is 2. The van der Waals surface area contributed by atoms with Gasteiger partial charge in [0.25, 0.3) is 0 Å². The van der Waals surface area contributed by atoms with Gasteiger partial charge in [0.2, 0.25) is 11.8 Å². The Morgan fingerprint density at radius 2 is 1.76 bits per heavy atom. The molecule has 3 heterocycles. The predicted octanol–water partition coefficient (Wildman–Crippen LogP) is 5.54. The van der Waals surface area contributed by atoms with Crippen molar-refractivity contribution in [2.24, 2.45) is 0 Å². The topological polar surface area (TPSA) is 76.9 Å². The van der Waals surface area contributed by atoms with Gasteiger partial charge in [-0.15, -0.1) is 11.8 Å². The number of hydrogen-bond acceptors (Lipinski definition) is 6. The third-order valence-corrected chi connectivity index (χ3v) is 9.14. The van der Waals surface area contributed by atoms with Gasteiger partial charge in [0.05, 0.1) is 42.7 Å². The fraction of sp³-hybridized carbons (Fsp3) is 0.281. The van der Waals surface area contributed by atoms with Gasteiger partial charge in [0.1, 0.15) is 18.1 Å². The summed E-state index contributed by atoms with van der Waals surface area (Å²) in [5, 5.41) is 5.57. The number of ether oxygens (including phenoxy) is 2. The lowest BCUT2D eigenvalue weighted by Crippen LogP contribution is -2.48. The Labute approximate surface area is 254 Å². The number of rotatable bonds is 6. The maximum Gasteiger partial charge on any atom is 0.242 e. The van der Waals surface area contributed by atoms with Crippen molar-refractivity contribution in [1.82, 2.24) is 14.7 Å². The Balaban J connectivity index is 1.59. The van der Waals surface area contributed by atoms with E-state index >= 15 is 0 Å². The van der Waals surface area contributed by atoms with Crippen LogP contribution >= 0.6 is 23.4 Å². The van der Waals surface area contributed by atoms with E-state index in [2.05, 4.69) is 19.1 Å². The standard InChI is InChI=1S/C32H31ClN4O4S/c1-21-5-3-4-6-26(21)31-29-30(22-7-9-23(33)10-8-22)34-37(24-11-13-25(40-2)14-12-24)32(29)36(28(39)20-42-31)19-27(38)35-15-17-41-18-16-35/h3-14,31H,15-20H2,1-2H3/t31-/m1/s1. The first-order valence-electron chi connectivity index (χ1n) is 13.8. The summed E-state index contributed by atoms with van der Waals surface area (Å²) in [5.41, 5.74) is 5.45. The number of morpholine rings is 1. The first-order chi connectivity index (χ1) is 20.4. The highest BCUT2D eigenvalue weighted by atomic mass is 35.5. The fourth-order valence-corrected chi connectivity index (χ4v) is 6.84. The van der Waals surface area contributed by atoms with E-state index in [1.165, 1.54) is 0 Å². The van der Waals surface area contributed by atoms with Crippen molar-refractivity contribution < 1.29 is 19.1 Å². The molecule has 8 nitrogen and oxygen atoms in total. The lowest BCUT2D eigenvalue weighted by Gasteiger charge is -2.30. The highest BCUT2D eigenvalue weighted by molar-refractivity contribution is 8.00. The van der Waals surface area contributed by atoms with E-state index in [4.69, 9.17) is 26.2 Å². The fourth-order valence-electron chi connectivity index (χ4n) is 5.42. The molecular weight excluding hydrogens is 572 g/mol. The van der Waals surface area contributed by atoms with Crippen LogP contribution in [0.3, 0.4) is 0 Å². The first kappa shape index (κ1) is 28.3. The molecule has 1 atom stereocenters. The van der Waals surface area contributed by atoms with Crippen LogP contribution in [0.4, 0.5) is 5.82 Å². The molecular formula is C32H31ClN4O4S. The Bertz CT molecular complexity index is 1600. The van der Waals surface area contributed by atoms with E-state index in [1.54, 1.807) is 33.4 Å². The van der Waals surface area contributed by atoms with Crippen LogP contribution in [-0.2, 0) is 14.3 Å². The number of fused-ring (bicyclic) bond motifs is 1. The van der Waals surface area contributed by atoms with Crippen LogP contribution in [0.25, 0.3) is 16.9 Å². The molecule has 6 rings (SSSR count). The van der Waals surface area contributed by atoms with Crippen LogP contribution in [0.15, 0.2) is 72.8 Å². The van der Waals surface area contributed by atoms with Gasteiger partial charge in [0, 0.05) is 29.2 Å². The van der Waals surface area contributed by atoms with E-state index in [9.17, 15) is 9.59 Å². The molecule has 1 saturated heterocycles. The number of thioether (sulfide) groups is 1. The summed E-state index contributed by atoms with van der Waals surface area (Å²) in [7, 11) is 1.62. The Kier molecular flexibility index (Phi) is 8.24. The minimum atomic E-state index is -0.202. The van der Waals surface area contributed by atoms with E-state index < -0.39 is 0 Å². The van der Waals surface area contributed by atoms with Crippen molar-refractivity contribution in [3.63, 3.8) is 0 Å². The van der Waals surface area contributed by atoms with Gasteiger partial charge >= 0.3 is 0 Å². The van der Waals surface area contributed by atoms with E-state index in [1.807, 2.05) is 60.7 Å². The molecule has 0 N–H and O–H groups in total. The van der Waals surface area contributed by atoms with Gasteiger partial charge in [-0.2, -0.15) is 5.10 Å². The van der Waals surface area contributed by atoms with E-state index in [0.29, 0.717) is 42.9 Å². The number of nitrogens with zero attached hydrogens (tertiary/aromatic N) is 4. The number of carbonyl (C=O) groups excluding carboxylic acids is 2. The third kappa shape index (κ3) is 5.52. The molecule has 2 aliphatic heterocycles. The van der Waals surface area contributed by atoms with Crippen molar-refractivity contribution >= 4 is 41.0 Å². The largest absolute Gasteiger partial charge is 0.497 e. The molecule has 216 valence electrons. The smallest absolute Gasteiger partial charge is 0.242 e. The number of amides is 2. The van der Waals surface area contributed by atoms with Gasteiger partial charge in [-0.1, -0.05) is 48.0 Å². The summed E-state index contributed by atoms with van der Waals surface area (Å²) in [4.78, 5) is 30.9. The molecule has 0 aliphatic carbocycles. The number of anilines is 1. The molecule has 1 fully saturated rings. The number of hydrogen-bond donors (Lipinski definition) is 0. The first-order valence-corrected chi connectivity index (χ1v) is 15.2. The van der Waals surface area contributed by atoms with Crippen LogP contribution in [-0.4, -0.2) is 72.2 Å². The zero-order valence-electron chi connectivity index (χ0n) is 23.5. The van der Waals surface area contributed by atoms with Gasteiger partial charge in [0.15, 0.2) is 0 Å². The van der Waals surface area contributed by atoms with Crippen LogP contribution in [0.5, 0.6) is 5.75 Å². The molecule has 0 bridgehead atoms. The van der Waals surface area contributed by atoms with Crippen molar-refractivity contribution in [1.29, 1.82) is 0 Å². The molecule has 0 saturated carbocycles. The summed E-state index contributed by atoms with van der Waals surface area (Å²) in [5.74, 6) is 1.25. The average molecular weight is 603 g/mol. The van der Waals surface area contributed by atoms with Crippen molar-refractivity contribution in [2.45, 2.75) is 12.2 Å². The molecule has 0 spiro atoms. The van der Waals surface area contributed by atoms with Crippen LogP contribution in [0.1, 0.15) is 21.9 Å². The summed E-state index contributed by atoms with van der Waals surface area (Å²) in [6, 6.07) is 23.3. The SMILES string of the molecule is COc1ccc(-n2nc(-c3ccc(Cl)cc3)c3c2N(CC(=O)N2CCOCC2)C(=O)CS[C@@H]3c2ccccc2C)cc1. The highest BCUT2D eigenvalue weighted by Crippen LogP contribution is 2.49.